The summed E-state index contributed by atoms with van der Waals surface area (Å²) in [7, 11) is 0. The first kappa shape index (κ1) is 13.0. The SMILES string of the molecule is NC(=O)c1c(O)c(Cl)cc2cc(CNC(=O)O)oc12. The first-order chi connectivity index (χ1) is 8.90. The van der Waals surface area contributed by atoms with E-state index >= 15 is 0 Å². The number of furan rings is 1. The smallest absolute Gasteiger partial charge is 0.405 e. The number of fused-ring (bicyclic) bond motifs is 1. The van der Waals surface area contributed by atoms with Gasteiger partial charge in [-0.25, -0.2) is 4.79 Å². The Morgan fingerprint density at radius 3 is 2.68 bits per heavy atom. The van der Waals surface area contributed by atoms with Gasteiger partial charge in [0.1, 0.15) is 11.3 Å². The normalized spacial score (nSPS) is 10.6. The van der Waals surface area contributed by atoms with Crippen molar-refractivity contribution in [2.45, 2.75) is 6.54 Å². The first-order valence-corrected chi connectivity index (χ1v) is 5.48. The number of phenols is 1. The van der Waals surface area contributed by atoms with Crippen molar-refractivity contribution in [3.63, 3.8) is 0 Å². The summed E-state index contributed by atoms with van der Waals surface area (Å²) in [6.45, 7) is -0.0827. The van der Waals surface area contributed by atoms with Crippen LogP contribution in [0.4, 0.5) is 4.79 Å². The van der Waals surface area contributed by atoms with Crippen LogP contribution in [0.3, 0.4) is 0 Å². The molecule has 1 heterocycles. The van der Waals surface area contributed by atoms with Gasteiger partial charge >= 0.3 is 6.09 Å². The summed E-state index contributed by atoms with van der Waals surface area (Å²) in [4.78, 5) is 21.7. The Labute approximate surface area is 111 Å². The van der Waals surface area contributed by atoms with E-state index in [9.17, 15) is 14.7 Å². The lowest BCUT2D eigenvalue weighted by Gasteiger charge is -2.03. The van der Waals surface area contributed by atoms with Gasteiger partial charge in [0.05, 0.1) is 11.6 Å². The van der Waals surface area contributed by atoms with E-state index in [2.05, 4.69) is 5.32 Å². The predicted octanol–water partition coefficient (Wildman–Crippen LogP) is 1.66. The second-order valence-corrected chi connectivity index (χ2v) is 4.14. The minimum Gasteiger partial charge on any atom is -0.505 e. The number of hydrogen-bond acceptors (Lipinski definition) is 4. The van der Waals surface area contributed by atoms with Crippen molar-refractivity contribution in [3.8, 4) is 5.75 Å². The van der Waals surface area contributed by atoms with Crippen LogP contribution >= 0.6 is 11.6 Å². The van der Waals surface area contributed by atoms with Gasteiger partial charge in [0, 0.05) is 5.39 Å². The highest BCUT2D eigenvalue weighted by molar-refractivity contribution is 6.34. The van der Waals surface area contributed by atoms with E-state index in [0.717, 1.165) is 0 Å². The van der Waals surface area contributed by atoms with E-state index in [1.165, 1.54) is 12.1 Å². The van der Waals surface area contributed by atoms with Gasteiger partial charge in [0.25, 0.3) is 5.91 Å². The highest BCUT2D eigenvalue weighted by Gasteiger charge is 2.20. The van der Waals surface area contributed by atoms with Crippen molar-refractivity contribution >= 4 is 34.6 Å². The van der Waals surface area contributed by atoms with E-state index in [0.29, 0.717) is 5.39 Å². The Bertz CT molecular complexity index is 679. The average Bonchev–Trinajstić information content (AvgIpc) is 2.69. The van der Waals surface area contributed by atoms with Crippen molar-refractivity contribution in [3.05, 3.63) is 28.5 Å². The molecule has 0 saturated heterocycles. The Kier molecular flexibility index (Phi) is 3.22. The molecule has 0 atom stereocenters. The summed E-state index contributed by atoms with van der Waals surface area (Å²) >= 11 is 5.76. The number of carboxylic acid groups (broad SMARTS) is 1. The van der Waals surface area contributed by atoms with Crippen molar-refractivity contribution in [1.29, 1.82) is 0 Å². The van der Waals surface area contributed by atoms with Crippen LogP contribution in [-0.4, -0.2) is 22.2 Å². The van der Waals surface area contributed by atoms with E-state index in [1.807, 2.05) is 0 Å². The molecule has 2 rings (SSSR count). The van der Waals surface area contributed by atoms with Crippen LogP contribution in [0.2, 0.25) is 5.02 Å². The quantitative estimate of drug-likeness (QED) is 0.682. The molecule has 7 nitrogen and oxygen atoms in total. The molecule has 0 unspecified atom stereocenters. The van der Waals surface area contributed by atoms with Gasteiger partial charge in [0.2, 0.25) is 0 Å². The van der Waals surface area contributed by atoms with E-state index in [1.54, 1.807) is 0 Å². The summed E-state index contributed by atoms with van der Waals surface area (Å²) in [5.74, 6) is -1.09. The highest BCUT2D eigenvalue weighted by atomic mass is 35.5. The molecule has 100 valence electrons. The largest absolute Gasteiger partial charge is 0.505 e. The molecular weight excluding hydrogens is 276 g/mol. The number of hydrogen-bond donors (Lipinski definition) is 4. The number of aromatic hydroxyl groups is 1. The molecule has 8 heteroatoms. The molecular formula is C11H9ClN2O5. The molecule has 2 amide bonds. The summed E-state index contributed by atoms with van der Waals surface area (Å²) in [6.07, 6.45) is -1.21. The Morgan fingerprint density at radius 1 is 1.42 bits per heavy atom. The molecule has 0 spiro atoms. The number of benzene rings is 1. The third-order valence-corrected chi connectivity index (χ3v) is 2.73. The number of rotatable bonds is 3. The second-order valence-electron chi connectivity index (χ2n) is 3.74. The number of amides is 2. The molecule has 19 heavy (non-hydrogen) atoms. The minimum absolute atomic E-state index is 0.0418. The third-order valence-electron chi connectivity index (χ3n) is 2.44. The fraction of sp³-hybridized carbons (Fsp3) is 0.0909. The lowest BCUT2D eigenvalue weighted by atomic mass is 10.1. The van der Waals surface area contributed by atoms with Gasteiger partial charge < -0.3 is 25.7 Å². The summed E-state index contributed by atoms with van der Waals surface area (Å²) < 4.78 is 5.30. The summed E-state index contributed by atoms with van der Waals surface area (Å²) in [5, 5.41) is 20.7. The molecule has 1 aromatic heterocycles. The van der Waals surface area contributed by atoms with Gasteiger partial charge in [-0.3, -0.25) is 4.79 Å². The maximum absolute atomic E-state index is 11.3. The molecule has 0 saturated carbocycles. The standard InChI is InChI=1S/C11H9ClN2O5/c12-6-2-4-1-5(3-14-11(17)18)19-9(4)7(8(6)15)10(13)16/h1-2,14-15H,3H2,(H2,13,16)(H,17,18). The fourth-order valence-corrected chi connectivity index (χ4v) is 1.88. The number of halogens is 1. The average molecular weight is 285 g/mol. The van der Waals surface area contributed by atoms with Gasteiger partial charge in [-0.05, 0) is 12.1 Å². The molecule has 0 fully saturated rings. The lowest BCUT2D eigenvalue weighted by molar-refractivity contribution is 0.0998. The third kappa shape index (κ3) is 2.41. The molecule has 0 aliphatic heterocycles. The molecule has 5 N–H and O–H groups in total. The molecule has 2 aromatic rings. The number of carbonyl (C=O) groups is 2. The van der Waals surface area contributed by atoms with Crippen molar-refractivity contribution in [2.24, 2.45) is 5.73 Å². The van der Waals surface area contributed by atoms with Crippen molar-refractivity contribution in [2.75, 3.05) is 0 Å². The molecule has 0 bridgehead atoms. The predicted molar refractivity (Wildman–Crippen MR) is 66.3 cm³/mol. The number of nitrogens with one attached hydrogen (secondary N) is 1. The maximum atomic E-state index is 11.3. The van der Waals surface area contributed by atoms with Crippen LogP contribution in [0.1, 0.15) is 16.1 Å². The topological polar surface area (TPSA) is 126 Å². The highest BCUT2D eigenvalue weighted by Crippen LogP contribution is 2.35. The zero-order valence-electron chi connectivity index (χ0n) is 9.44. The van der Waals surface area contributed by atoms with E-state index in [-0.39, 0.29) is 28.5 Å². The Hall–Kier alpha value is -2.41. The fourth-order valence-electron chi connectivity index (χ4n) is 1.67. The van der Waals surface area contributed by atoms with Crippen LogP contribution in [0, 0.1) is 0 Å². The van der Waals surface area contributed by atoms with Crippen LogP contribution in [-0.2, 0) is 6.54 Å². The lowest BCUT2D eigenvalue weighted by Crippen LogP contribution is -2.19. The molecule has 0 radical (unpaired) electrons. The van der Waals surface area contributed by atoms with Crippen molar-refractivity contribution in [1.82, 2.24) is 5.32 Å². The number of primary amides is 1. The molecule has 0 aliphatic carbocycles. The summed E-state index contributed by atoms with van der Waals surface area (Å²) in [6, 6.07) is 2.90. The number of nitrogens with two attached hydrogens (primary N) is 1. The molecule has 0 aliphatic rings. The van der Waals surface area contributed by atoms with Crippen LogP contribution in [0.25, 0.3) is 11.0 Å². The monoisotopic (exact) mass is 284 g/mol. The zero-order valence-corrected chi connectivity index (χ0v) is 10.2. The maximum Gasteiger partial charge on any atom is 0.405 e. The minimum atomic E-state index is -1.21. The molecule has 1 aromatic carbocycles. The van der Waals surface area contributed by atoms with E-state index in [4.69, 9.17) is 26.9 Å². The van der Waals surface area contributed by atoms with Crippen molar-refractivity contribution < 1.29 is 24.2 Å². The Balaban J connectivity index is 2.55. The number of carbonyl (C=O) groups excluding carboxylic acids is 1. The Morgan fingerprint density at radius 2 is 2.11 bits per heavy atom. The van der Waals surface area contributed by atoms with Gasteiger partial charge in [-0.2, -0.15) is 0 Å². The van der Waals surface area contributed by atoms with Crippen LogP contribution in [0.15, 0.2) is 16.5 Å². The van der Waals surface area contributed by atoms with Gasteiger partial charge in [0.15, 0.2) is 11.3 Å². The van der Waals surface area contributed by atoms with Gasteiger partial charge in [-0.1, -0.05) is 11.6 Å². The second kappa shape index (κ2) is 4.69. The van der Waals surface area contributed by atoms with Gasteiger partial charge in [-0.15, -0.1) is 0 Å². The zero-order chi connectivity index (χ0) is 14.2. The summed E-state index contributed by atoms with van der Waals surface area (Å²) in [5.41, 5.74) is 4.99. The van der Waals surface area contributed by atoms with E-state index < -0.39 is 17.7 Å². The van der Waals surface area contributed by atoms with Crippen LogP contribution in [0.5, 0.6) is 5.75 Å². The van der Waals surface area contributed by atoms with Crippen LogP contribution < -0.4 is 11.1 Å². The first-order valence-electron chi connectivity index (χ1n) is 5.10.